The van der Waals surface area contributed by atoms with Gasteiger partial charge in [-0.2, -0.15) is 5.10 Å². The number of hydrogen-bond donors (Lipinski definition) is 2. The SMILES string of the molecule is Cc1cccc(NC(=O)Nc2cccn3nc(C4CCC4)nc23)c1. The first-order valence-corrected chi connectivity index (χ1v) is 8.19. The topological polar surface area (TPSA) is 71.3 Å². The molecule has 2 amide bonds. The highest BCUT2D eigenvalue weighted by Crippen LogP contribution is 2.35. The van der Waals surface area contributed by atoms with Crippen LogP contribution in [0.3, 0.4) is 0 Å². The fraction of sp³-hybridized carbons (Fsp3) is 0.278. The molecule has 0 radical (unpaired) electrons. The maximum atomic E-state index is 12.3. The van der Waals surface area contributed by atoms with Crippen LogP contribution in [0.2, 0.25) is 0 Å². The second kappa shape index (κ2) is 5.96. The van der Waals surface area contributed by atoms with Gasteiger partial charge in [0.15, 0.2) is 11.5 Å². The van der Waals surface area contributed by atoms with Crippen LogP contribution in [0.15, 0.2) is 42.6 Å². The molecule has 0 unspecified atom stereocenters. The Bertz CT molecular complexity index is 897. The monoisotopic (exact) mass is 321 g/mol. The largest absolute Gasteiger partial charge is 0.323 e. The second-order valence-electron chi connectivity index (χ2n) is 6.24. The summed E-state index contributed by atoms with van der Waals surface area (Å²) in [5.74, 6) is 1.33. The van der Waals surface area contributed by atoms with E-state index in [1.165, 1.54) is 6.42 Å². The summed E-state index contributed by atoms with van der Waals surface area (Å²) in [6.45, 7) is 1.99. The van der Waals surface area contributed by atoms with Gasteiger partial charge in [0.05, 0.1) is 5.69 Å². The minimum atomic E-state index is -0.290. The lowest BCUT2D eigenvalue weighted by Crippen LogP contribution is -2.20. The molecule has 2 aromatic heterocycles. The first-order valence-electron chi connectivity index (χ1n) is 8.19. The Morgan fingerprint density at radius 1 is 1.21 bits per heavy atom. The predicted octanol–water partition coefficient (Wildman–Crippen LogP) is 3.95. The normalized spacial score (nSPS) is 14.4. The molecule has 3 aromatic rings. The molecule has 24 heavy (non-hydrogen) atoms. The van der Waals surface area contributed by atoms with Gasteiger partial charge >= 0.3 is 6.03 Å². The number of carbonyl (C=O) groups is 1. The van der Waals surface area contributed by atoms with E-state index < -0.39 is 0 Å². The van der Waals surface area contributed by atoms with Gasteiger partial charge in [-0.25, -0.2) is 14.3 Å². The number of nitrogens with zero attached hydrogens (tertiary/aromatic N) is 3. The lowest BCUT2D eigenvalue weighted by atomic mass is 9.85. The van der Waals surface area contributed by atoms with Crippen LogP contribution in [0.25, 0.3) is 5.65 Å². The highest BCUT2D eigenvalue weighted by molar-refractivity contribution is 6.01. The molecule has 0 bridgehead atoms. The third-order valence-electron chi connectivity index (χ3n) is 4.37. The van der Waals surface area contributed by atoms with E-state index in [0.29, 0.717) is 17.3 Å². The molecule has 0 saturated heterocycles. The summed E-state index contributed by atoms with van der Waals surface area (Å²) in [5.41, 5.74) is 3.19. The molecule has 0 atom stereocenters. The van der Waals surface area contributed by atoms with Crippen LogP contribution in [-0.4, -0.2) is 20.6 Å². The fourth-order valence-electron chi connectivity index (χ4n) is 2.87. The number of aryl methyl sites for hydroxylation is 1. The number of anilines is 2. The van der Waals surface area contributed by atoms with Crippen molar-refractivity contribution in [3.63, 3.8) is 0 Å². The first-order chi connectivity index (χ1) is 11.7. The van der Waals surface area contributed by atoms with Gasteiger partial charge < -0.3 is 10.6 Å². The Labute approximate surface area is 139 Å². The maximum absolute atomic E-state index is 12.3. The average molecular weight is 321 g/mol. The summed E-state index contributed by atoms with van der Waals surface area (Å²) in [6, 6.07) is 11.1. The number of carbonyl (C=O) groups excluding carboxylic acids is 1. The standard InChI is InChI=1S/C18H19N5O/c1-12-5-2-8-14(11-12)19-18(24)20-15-9-4-10-23-17(15)21-16(22-23)13-6-3-7-13/h2,4-5,8-11,13H,3,6-7H2,1H3,(H2,19,20,24). The molecular weight excluding hydrogens is 302 g/mol. The van der Waals surface area contributed by atoms with Gasteiger partial charge in [0.1, 0.15) is 0 Å². The molecule has 1 fully saturated rings. The maximum Gasteiger partial charge on any atom is 0.323 e. The van der Waals surface area contributed by atoms with Crippen LogP contribution in [0.4, 0.5) is 16.2 Å². The number of pyridine rings is 1. The van der Waals surface area contributed by atoms with Gasteiger partial charge in [-0.05, 0) is 49.6 Å². The minimum absolute atomic E-state index is 0.290. The number of aromatic nitrogens is 3. The Kier molecular flexibility index (Phi) is 3.65. The average Bonchev–Trinajstić information content (AvgIpc) is 2.89. The molecule has 6 heteroatoms. The van der Waals surface area contributed by atoms with E-state index in [1.54, 1.807) is 4.52 Å². The highest BCUT2D eigenvalue weighted by atomic mass is 16.2. The van der Waals surface area contributed by atoms with Crippen LogP contribution in [-0.2, 0) is 0 Å². The molecule has 2 heterocycles. The molecule has 1 aliphatic rings. The Morgan fingerprint density at radius 3 is 2.83 bits per heavy atom. The third-order valence-corrected chi connectivity index (χ3v) is 4.37. The molecule has 6 nitrogen and oxygen atoms in total. The number of rotatable bonds is 3. The zero-order valence-corrected chi connectivity index (χ0v) is 13.5. The van der Waals surface area contributed by atoms with Gasteiger partial charge in [-0.3, -0.25) is 0 Å². The molecule has 2 N–H and O–H groups in total. The summed E-state index contributed by atoms with van der Waals surface area (Å²) in [6.07, 6.45) is 5.39. The zero-order valence-electron chi connectivity index (χ0n) is 13.5. The van der Waals surface area contributed by atoms with E-state index in [-0.39, 0.29) is 6.03 Å². The van der Waals surface area contributed by atoms with Crippen LogP contribution in [0.1, 0.15) is 36.6 Å². The highest BCUT2D eigenvalue weighted by Gasteiger charge is 2.24. The second-order valence-corrected chi connectivity index (χ2v) is 6.24. The molecule has 1 aromatic carbocycles. The number of nitrogens with one attached hydrogen (secondary N) is 2. The lowest BCUT2D eigenvalue weighted by Gasteiger charge is -2.21. The van der Waals surface area contributed by atoms with Crippen molar-refractivity contribution in [1.82, 2.24) is 14.6 Å². The summed E-state index contributed by atoms with van der Waals surface area (Å²) >= 11 is 0. The van der Waals surface area contributed by atoms with Crippen LogP contribution in [0.5, 0.6) is 0 Å². The van der Waals surface area contributed by atoms with Crippen molar-refractivity contribution < 1.29 is 4.79 Å². The van der Waals surface area contributed by atoms with Crippen molar-refractivity contribution in [3.8, 4) is 0 Å². The number of fused-ring (bicyclic) bond motifs is 1. The van der Waals surface area contributed by atoms with Crippen LogP contribution in [0, 0.1) is 6.92 Å². The number of urea groups is 1. The van der Waals surface area contributed by atoms with Gasteiger partial charge in [0.2, 0.25) is 0 Å². The van der Waals surface area contributed by atoms with Crippen molar-refractivity contribution in [1.29, 1.82) is 0 Å². The zero-order chi connectivity index (χ0) is 16.5. The van der Waals surface area contributed by atoms with Crippen molar-refractivity contribution in [2.24, 2.45) is 0 Å². The molecule has 1 aliphatic carbocycles. The molecular formula is C18H19N5O. The molecule has 4 rings (SSSR count). The van der Waals surface area contributed by atoms with Gasteiger partial charge in [-0.15, -0.1) is 0 Å². The van der Waals surface area contributed by atoms with Crippen molar-refractivity contribution in [2.75, 3.05) is 10.6 Å². The summed E-state index contributed by atoms with van der Waals surface area (Å²) in [5, 5.41) is 10.2. The van der Waals surface area contributed by atoms with Crippen molar-refractivity contribution in [3.05, 3.63) is 54.0 Å². The van der Waals surface area contributed by atoms with Gasteiger partial charge in [0.25, 0.3) is 0 Å². The first kappa shape index (κ1) is 14.7. The molecule has 0 aliphatic heterocycles. The van der Waals surface area contributed by atoms with E-state index in [0.717, 1.165) is 29.9 Å². The predicted molar refractivity (Wildman–Crippen MR) is 93.4 cm³/mol. The van der Waals surface area contributed by atoms with E-state index in [4.69, 9.17) is 0 Å². The van der Waals surface area contributed by atoms with Crippen molar-refractivity contribution >= 4 is 23.1 Å². The molecule has 1 saturated carbocycles. The van der Waals surface area contributed by atoms with E-state index in [9.17, 15) is 4.79 Å². The summed E-state index contributed by atoms with van der Waals surface area (Å²) < 4.78 is 1.73. The quantitative estimate of drug-likeness (QED) is 0.767. The van der Waals surface area contributed by atoms with Gasteiger partial charge in [0, 0.05) is 17.8 Å². The van der Waals surface area contributed by atoms with Gasteiger partial charge in [-0.1, -0.05) is 18.6 Å². The third kappa shape index (κ3) is 2.82. The minimum Gasteiger partial charge on any atom is -0.308 e. The molecule has 122 valence electrons. The van der Waals surface area contributed by atoms with E-state index >= 15 is 0 Å². The summed E-state index contributed by atoms with van der Waals surface area (Å²) in [4.78, 5) is 16.9. The molecule has 0 spiro atoms. The van der Waals surface area contributed by atoms with E-state index in [2.05, 4.69) is 20.7 Å². The Balaban J connectivity index is 1.55. The Morgan fingerprint density at radius 2 is 2.08 bits per heavy atom. The number of benzene rings is 1. The Hall–Kier alpha value is -2.89. The van der Waals surface area contributed by atoms with Crippen molar-refractivity contribution in [2.45, 2.75) is 32.1 Å². The summed E-state index contributed by atoms with van der Waals surface area (Å²) in [7, 11) is 0. The number of hydrogen-bond acceptors (Lipinski definition) is 3. The smallest absolute Gasteiger partial charge is 0.308 e. The fourth-order valence-corrected chi connectivity index (χ4v) is 2.87. The number of amides is 2. The van der Waals surface area contributed by atoms with Crippen LogP contribution >= 0.6 is 0 Å². The van der Waals surface area contributed by atoms with E-state index in [1.807, 2.05) is 49.5 Å². The van der Waals surface area contributed by atoms with Crippen LogP contribution < -0.4 is 10.6 Å². The lowest BCUT2D eigenvalue weighted by molar-refractivity contribution is 0.262.